The summed E-state index contributed by atoms with van der Waals surface area (Å²) in [6.45, 7) is 6.32. The molecular weight excluding hydrogens is 176 g/mol. The molecule has 0 saturated heterocycles. The van der Waals surface area contributed by atoms with Gasteiger partial charge in [-0.25, -0.2) is 4.98 Å². The van der Waals surface area contributed by atoms with Gasteiger partial charge in [-0.05, 0) is 12.8 Å². The van der Waals surface area contributed by atoms with Gasteiger partial charge in [0, 0.05) is 25.9 Å². The number of hydrogen-bond donors (Lipinski definition) is 1. The van der Waals surface area contributed by atoms with E-state index in [-0.39, 0.29) is 6.04 Å². The van der Waals surface area contributed by atoms with Crippen molar-refractivity contribution in [3.63, 3.8) is 0 Å². The van der Waals surface area contributed by atoms with Gasteiger partial charge in [-0.2, -0.15) is 5.10 Å². The molecule has 14 heavy (non-hydrogen) atoms. The fourth-order valence-corrected chi connectivity index (χ4v) is 1.39. The van der Waals surface area contributed by atoms with Crippen molar-refractivity contribution >= 4 is 0 Å². The zero-order valence-electron chi connectivity index (χ0n) is 9.49. The lowest BCUT2D eigenvalue weighted by Gasteiger charge is -2.02. The number of aryl methyl sites for hydroxylation is 1. The van der Waals surface area contributed by atoms with Gasteiger partial charge in [-0.1, -0.05) is 13.8 Å². The van der Waals surface area contributed by atoms with Crippen molar-refractivity contribution in [1.82, 2.24) is 14.8 Å². The first-order chi connectivity index (χ1) is 6.49. The third kappa shape index (κ3) is 3.10. The van der Waals surface area contributed by atoms with Gasteiger partial charge in [-0.15, -0.1) is 0 Å². The van der Waals surface area contributed by atoms with Crippen LogP contribution in [-0.2, 0) is 19.9 Å². The van der Waals surface area contributed by atoms with Crippen molar-refractivity contribution < 1.29 is 0 Å². The van der Waals surface area contributed by atoms with Gasteiger partial charge < -0.3 is 5.73 Å². The van der Waals surface area contributed by atoms with E-state index in [0.29, 0.717) is 5.92 Å². The van der Waals surface area contributed by atoms with Crippen molar-refractivity contribution in [3.05, 3.63) is 11.6 Å². The van der Waals surface area contributed by atoms with Gasteiger partial charge in [-0.3, -0.25) is 4.68 Å². The zero-order chi connectivity index (χ0) is 10.7. The fourth-order valence-electron chi connectivity index (χ4n) is 1.39. The molecular formula is C10H20N4. The Morgan fingerprint density at radius 1 is 1.29 bits per heavy atom. The van der Waals surface area contributed by atoms with Crippen molar-refractivity contribution in [3.8, 4) is 0 Å². The number of aromatic nitrogens is 3. The van der Waals surface area contributed by atoms with Crippen molar-refractivity contribution in [2.24, 2.45) is 18.7 Å². The van der Waals surface area contributed by atoms with E-state index in [1.807, 2.05) is 18.7 Å². The molecule has 80 valence electrons. The molecule has 0 fully saturated rings. The Morgan fingerprint density at radius 3 is 2.43 bits per heavy atom. The van der Waals surface area contributed by atoms with Crippen LogP contribution in [0.2, 0.25) is 0 Å². The summed E-state index contributed by atoms with van der Waals surface area (Å²) >= 11 is 0. The van der Waals surface area contributed by atoms with E-state index < -0.39 is 0 Å². The van der Waals surface area contributed by atoms with Crippen LogP contribution in [0.5, 0.6) is 0 Å². The first-order valence-electron chi connectivity index (χ1n) is 5.13. The zero-order valence-corrected chi connectivity index (χ0v) is 9.49. The molecule has 1 heterocycles. The summed E-state index contributed by atoms with van der Waals surface area (Å²) in [5.74, 6) is 2.51. The molecule has 2 N–H and O–H groups in total. The Bertz CT molecular complexity index is 288. The lowest BCUT2D eigenvalue weighted by molar-refractivity contribution is 0.609. The Labute approximate surface area is 85.5 Å². The Kier molecular flexibility index (Phi) is 3.63. The molecule has 1 aromatic rings. The predicted molar refractivity (Wildman–Crippen MR) is 56.9 cm³/mol. The second kappa shape index (κ2) is 4.55. The van der Waals surface area contributed by atoms with Crippen LogP contribution in [0, 0.1) is 5.92 Å². The first-order valence-corrected chi connectivity index (χ1v) is 5.13. The van der Waals surface area contributed by atoms with Gasteiger partial charge in [0.25, 0.3) is 0 Å². The predicted octanol–water partition coefficient (Wildman–Crippen LogP) is 0.903. The highest BCUT2D eigenvalue weighted by molar-refractivity contribution is 4.95. The van der Waals surface area contributed by atoms with Gasteiger partial charge in [0.15, 0.2) is 5.82 Å². The molecule has 0 aliphatic rings. The van der Waals surface area contributed by atoms with Crippen molar-refractivity contribution in [1.29, 1.82) is 0 Å². The maximum Gasteiger partial charge on any atom is 0.151 e. The van der Waals surface area contributed by atoms with E-state index in [1.165, 1.54) is 0 Å². The minimum atomic E-state index is 0.143. The number of rotatable bonds is 4. The maximum atomic E-state index is 5.72. The molecule has 4 heteroatoms. The number of nitrogens with two attached hydrogens (primary N) is 1. The van der Waals surface area contributed by atoms with Gasteiger partial charge in [0.2, 0.25) is 0 Å². The smallest absolute Gasteiger partial charge is 0.151 e. The topological polar surface area (TPSA) is 56.7 Å². The van der Waals surface area contributed by atoms with Crippen LogP contribution in [-0.4, -0.2) is 20.8 Å². The molecule has 1 rings (SSSR count). The quantitative estimate of drug-likeness (QED) is 0.778. The second-order valence-corrected chi connectivity index (χ2v) is 4.35. The number of nitrogens with zero attached hydrogens (tertiary/aromatic N) is 3. The standard InChI is InChI=1S/C10H20N4/c1-7(2)5-9-12-10(6-8(3)11)14(4)13-9/h7-8H,5-6,11H2,1-4H3. The first kappa shape index (κ1) is 11.2. The summed E-state index contributed by atoms with van der Waals surface area (Å²) in [6.07, 6.45) is 1.73. The average Bonchev–Trinajstić information content (AvgIpc) is 2.28. The molecule has 0 radical (unpaired) electrons. The lowest BCUT2D eigenvalue weighted by Crippen LogP contribution is -2.20. The molecule has 0 spiro atoms. The van der Waals surface area contributed by atoms with Crippen LogP contribution < -0.4 is 5.73 Å². The van der Waals surface area contributed by atoms with Crippen LogP contribution in [0.15, 0.2) is 0 Å². The van der Waals surface area contributed by atoms with E-state index in [0.717, 1.165) is 24.5 Å². The summed E-state index contributed by atoms with van der Waals surface area (Å²) < 4.78 is 1.83. The van der Waals surface area contributed by atoms with Crippen LogP contribution in [0.3, 0.4) is 0 Å². The van der Waals surface area contributed by atoms with Crippen LogP contribution >= 0.6 is 0 Å². The summed E-state index contributed by atoms with van der Waals surface area (Å²) in [5, 5.41) is 4.35. The average molecular weight is 196 g/mol. The summed E-state index contributed by atoms with van der Waals surface area (Å²) in [6, 6.07) is 0.143. The molecule has 0 aliphatic carbocycles. The molecule has 1 aromatic heterocycles. The van der Waals surface area contributed by atoms with Crippen molar-refractivity contribution in [2.75, 3.05) is 0 Å². The monoisotopic (exact) mass is 196 g/mol. The van der Waals surface area contributed by atoms with Crippen molar-refractivity contribution in [2.45, 2.75) is 39.7 Å². The molecule has 0 aromatic carbocycles. The van der Waals surface area contributed by atoms with E-state index in [2.05, 4.69) is 23.9 Å². The molecule has 0 amide bonds. The molecule has 0 saturated carbocycles. The summed E-state index contributed by atoms with van der Waals surface area (Å²) in [7, 11) is 1.93. The van der Waals surface area contributed by atoms with Crippen LogP contribution in [0.4, 0.5) is 0 Å². The van der Waals surface area contributed by atoms with Crippen LogP contribution in [0.25, 0.3) is 0 Å². The maximum absolute atomic E-state index is 5.72. The van der Waals surface area contributed by atoms with Gasteiger partial charge in [0.05, 0.1) is 0 Å². The SMILES string of the molecule is CC(C)Cc1nc(CC(C)N)n(C)n1. The highest BCUT2D eigenvalue weighted by Crippen LogP contribution is 2.05. The van der Waals surface area contributed by atoms with Gasteiger partial charge >= 0.3 is 0 Å². The fraction of sp³-hybridized carbons (Fsp3) is 0.800. The van der Waals surface area contributed by atoms with Crippen LogP contribution in [0.1, 0.15) is 32.4 Å². The third-order valence-corrected chi connectivity index (χ3v) is 1.99. The van der Waals surface area contributed by atoms with E-state index in [1.54, 1.807) is 0 Å². The summed E-state index contributed by atoms with van der Waals surface area (Å²) in [5.41, 5.74) is 5.72. The third-order valence-electron chi connectivity index (χ3n) is 1.99. The van der Waals surface area contributed by atoms with E-state index in [4.69, 9.17) is 5.73 Å². The van der Waals surface area contributed by atoms with E-state index >= 15 is 0 Å². The normalized spacial score (nSPS) is 13.6. The molecule has 0 aliphatic heterocycles. The Hall–Kier alpha value is -0.900. The molecule has 4 nitrogen and oxygen atoms in total. The largest absolute Gasteiger partial charge is 0.328 e. The minimum absolute atomic E-state index is 0.143. The molecule has 0 bridgehead atoms. The number of hydrogen-bond acceptors (Lipinski definition) is 3. The van der Waals surface area contributed by atoms with Gasteiger partial charge in [0.1, 0.15) is 5.82 Å². The van der Waals surface area contributed by atoms with E-state index in [9.17, 15) is 0 Å². The Balaban J connectivity index is 2.72. The minimum Gasteiger partial charge on any atom is -0.328 e. The highest BCUT2D eigenvalue weighted by atomic mass is 15.3. The molecule has 1 unspecified atom stereocenters. The second-order valence-electron chi connectivity index (χ2n) is 4.35. The lowest BCUT2D eigenvalue weighted by atomic mass is 10.1. The summed E-state index contributed by atoms with van der Waals surface area (Å²) in [4.78, 5) is 4.46. The highest BCUT2D eigenvalue weighted by Gasteiger charge is 2.09. The Morgan fingerprint density at radius 2 is 1.93 bits per heavy atom. The molecule has 1 atom stereocenters.